The summed E-state index contributed by atoms with van der Waals surface area (Å²) in [5.41, 5.74) is 3.55. The number of nitrogens with zero attached hydrogens (tertiary/aromatic N) is 4. The van der Waals surface area contributed by atoms with Gasteiger partial charge in [0.25, 0.3) is 0 Å². The molecule has 0 bridgehead atoms. The van der Waals surface area contributed by atoms with Gasteiger partial charge in [0.1, 0.15) is 5.82 Å². The molecule has 0 aromatic carbocycles. The maximum atomic E-state index is 4.58. The van der Waals surface area contributed by atoms with Gasteiger partial charge in [-0.3, -0.25) is 9.36 Å². The van der Waals surface area contributed by atoms with Gasteiger partial charge in [0.05, 0.1) is 23.6 Å². The number of halogens is 1. The third-order valence-electron chi connectivity index (χ3n) is 3.77. The Hall–Kier alpha value is -1.49. The van der Waals surface area contributed by atoms with Crippen LogP contribution in [-0.4, -0.2) is 19.6 Å². The SMILES string of the molecule is CCCn1nc(C)cc1CNc1cc(C2CC2)nn1C.Cl. The van der Waals surface area contributed by atoms with Crippen LogP contribution in [0.3, 0.4) is 0 Å². The molecule has 2 heterocycles. The van der Waals surface area contributed by atoms with Crippen LogP contribution in [0.25, 0.3) is 0 Å². The highest BCUT2D eigenvalue weighted by Gasteiger charge is 2.26. The fraction of sp³-hybridized carbons (Fsp3) is 0.600. The van der Waals surface area contributed by atoms with Crippen LogP contribution in [0.5, 0.6) is 0 Å². The van der Waals surface area contributed by atoms with E-state index in [0.29, 0.717) is 5.92 Å². The molecule has 0 radical (unpaired) electrons. The second kappa shape index (κ2) is 6.52. The maximum absolute atomic E-state index is 4.58. The molecule has 6 heteroatoms. The summed E-state index contributed by atoms with van der Waals surface area (Å²) in [6.45, 7) is 6.00. The summed E-state index contributed by atoms with van der Waals surface area (Å²) in [6.07, 6.45) is 3.68. The first-order valence-electron chi connectivity index (χ1n) is 7.48. The molecule has 116 valence electrons. The minimum absolute atomic E-state index is 0. The lowest BCUT2D eigenvalue weighted by Gasteiger charge is -2.08. The summed E-state index contributed by atoms with van der Waals surface area (Å²) in [7, 11) is 2.00. The molecule has 1 N–H and O–H groups in total. The Balaban J connectivity index is 0.00000161. The number of aryl methyl sites for hydroxylation is 3. The van der Waals surface area contributed by atoms with Gasteiger partial charge in [0.2, 0.25) is 0 Å². The highest BCUT2D eigenvalue weighted by atomic mass is 35.5. The number of rotatable bonds is 6. The summed E-state index contributed by atoms with van der Waals surface area (Å²) in [5, 5.41) is 12.6. The molecule has 3 rings (SSSR count). The maximum Gasteiger partial charge on any atom is 0.124 e. The van der Waals surface area contributed by atoms with Crippen LogP contribution in [0, 0.1) is 6.92 Å². The molecular formula is C15H24ClN5. The van der Waals surface area contributed by atoms with Gasteiger partial charge in [-0.25, -0.2) is 0 Å². The van der Waals surface area contributed by atoms with E-state index < -0.39 is 0 Å². The van der Waals surface area contributed by atoms with Crippen molar-refractivity contribution in [2.24, 2.45) is 7.05 Å². The Morgan fingerprint density at radius 1 is 1.29 bits per heavy atom. The average molecular weight is 310 g/mol. The van der Waals surface area contributed by atoms with Gasteiger partial charge in [-0.15, -0.1) is 12.4 Å². The van der Waals surface area contributed by atoms with E-state index in [1.807, 2.05) is 18.7 Å². The summed E-state index contributed by atoms with van der Waals surface area (Å²) < 4.78 is 4.04. The number of hydrogen-bond acceptors (Lipinski definition) is 3. The first-order valence-corrected chi connectivity index (χ1v) is 7.48. The van der Waals surface area contributed by atoms with Crippen LogP contribution in [0.4, 0.5) is 5.82 Å². The first kappa shape index (κ1) is 15.9. The number of anilines is 1. The molecule has 1 fully saturated rings. The van der Waals surface area contributed by atoms with Crippen molar-refractivity contribution in [1.29, 1.82) is 0 Å². The second-order valence-electron chi connectivity index (χ2n) is 5.71. The first-order chi connectivity index (χ1) is 9.67. The van der Waals surface area contributed by atoms with Crippen molar-refractivity contribution < 1.29 is 0 Å². The van der Waals surface area contributed by atoms with Crippen LogP contribution >= 0.6 is 12.4 Å². The molecule has 0 saturated heterocycles. The van der Waals surface area contributed by atoms with Gasteiger partial charge in [-0.05, 0) is 32.3 Å². The zero-order valence-electron chi connectivity index (χ0n) is 13.0. The molecule has 0 aliphatic heterocycles. The van der Waals surface area contributed by atoms with Crippen molar-refractivity contribution in [3.63, 3.8) is 0 Å². The Morgan fingerprint density at radius 3 is 2.71 bits per heavy atom. The van der Waals surface area contributed by atoms with Gasteiger partial charge < -0.3 is 5.32 Å². The van der Waals surface area contributed by atoms with Crippen molar-refractivity contribution in [1.82, 2.24) is 19.6 Å². The smallest absolute Gasteiger partial charge is 0.124 e. The molecule has 0 atom stereocenters. The molecular weight excluding hydrogens is 286 g/mol. The van der Waals surface area contributed by atoms with Crippen LogP contribution in [0.15, 0.2) is 12.1 Å². The van der Waals surface area contributed by atoms with E-state index in [0.717, 1.165) is 31.0 Å². The van der Waals surface area contributed by atoms with Gasteiger partial charge in [0, 0.05) is 25.6 Å². The van der Waals surface area contributed by atoms with Gasteiger partial charge in [0.15, 0.2) is 0 Å². The Morgan fingerprint density at radius 2 is 2.05 bits per heavy atom. The van der Waals surface area contributed by atoms with Crippen LogP contribution in [-0.2, 0) is 20.1 Å². The predicted octanol–water partition coefficient (Wildman–Crippen LogP) is 3.25. The van der Waals surface area contributed by atoms with Crippen LogP contribution < -0.4 is 5.32 Å². The minimum atomic E-state index is 0. The highest BCUT2D eigenvalue weighted by Crippen LogP contribution is 2.39. The van der Waals surface area contributed by atoms with E-state index in [4.69, 9.17) is 0 Å². The average Bonchev–Trinajstić information content (AvgIpc) is 3.11. The van der Waals surface area contributed by atoms with E-state index in [9.17, 15) is 0 Å². The van der Waals surface area contributed by atoms with Crippen LogP contribution in [0.2, 0.25) is 0 Å². The Kier molecular flexibility index (Phi) is 4.93. The third-order valence-corrected chi connectivity index (χ3v) is 3.77. The third kappa shape index (κ3) is 3.59. The van der Waals surface area contributed by atoms with E-state index in [-0.39, 0.29) is 12.4 Å². The Bertz CT molecular complexity index is 597. The summed E-state index contributed by atoms with van der Waals surface area (Å²) in [5.74, 6) is 1.79. The number of aromatic nitrogens is 4. The van der Waals surface area contributed by atoms with Gasteiger partial charge in [-0.1, -0.05) is 6.92 Å². The molecule has 1 aliphatic carbocycles. The monoisotopic (exact) mass is 309 g/mol. The van der Waals surface area contributed by atoms with E-state index >= 15 is 0 Å². The topological polar surface area (TPSA) is 47.7 Å². The number of nitrogens with one attached hydrogen (secondary N) is 1. The van der Waals surface area contributed by atoms with E-state index in [1.165, 1.54) is 24.2 Å². The fourth-order valence-electron chi connectivity index (χ4n) is 2.56. The molecule has 0 spiro atoms. The van der Waals surface area contributed by atoms with Gasteiger partial charge >= 0.3 is 0 Å². The normalized spacial score (nSPS) is 14.0. The molecule has 21 heavy (non-hydrogen) atoms. The standard InChI is InChI=1S/C15H23N5.ClH/c1-4-7-20-13(8-11(2)17-20)10-16-15-9-14(12-5-6-12)18-19(15)3;/h8-9,12,16H,4-7,10H2,1-3H3;1H. The lowest BCUT2D eigenvalue weighted by atomic mass is 10.3. The molecule has 1 saturated carbocycles. The molecule has 1 aliphatic rings. The highest BCUT2D eigenvalue weighted by molar-refractivity contribution is 5.85. The van der Waals surface area contributed by atoms with Crippen molar-refractivity contribution in [3.8, 4) is 0 Å². The van der Waals surface area contributed by atoms with E-state index in [2.05, 4.69) is 39.3 Å². The van der Waals surface area contributed by atoms with E-state index in [1.54, 1.807) is 0 Å². The van der Waals surface area contributed by atoms with Crippen molar-refractivity contribution in [2.45, 2.75) is 52.1 Å². The summed E-state index contributed by atoms with van der Waals surface area (Å²) in [6, 6.07) is 4.34. The molecule has 0 unspecified atom stereocenters. The predicted molar refractivity (Wildman–Crippen MR) is 87.0 cm³/mol. The minimum Gasteiger partial charge on any atom is -0.365 e. The van der Waals surface area contributed by atoms with Crippen LogP contribution in [0.1, 0.15) is 49.2 Å². The quantitative estimate of drug-likeness (QED) is 0.891. The summed E-state index contributed by atoms with van der Waals surface area (Å²) >= 11 is 0. The number of hydrogen-bond donors (Lipinski definition) is 1. The largest absolute Gasteiger partial charge is 0.365 e. The fourth-order valence-corrected chi connectivity index (χ4v) is 2.56. The van der Waals surface area contributed by atoms with Gasteiger partial charge in [-0.2, -0.15) is 10.2 Å². The molecule has 2 aromatic rings. The van der Waals surface area contributed by atoms with Crippen molar-refractivity contribution >= 4 is 18.2 Å². The lowest BCUT2D eigenvalue weighted by Crippen LogP contribution is -2.10. The second-order valence-corrected chi connectivity index (χ2v) is 5.71. The molecule has 2 aromatic heterocycles. The molecule has 0 amide bonds. The van der Waals surface area contributed by atoms with Crippen molar-refractivity contribution in [2.75, 3.05) is 5.32 Å². The zero-order valence-corrected chi connectivity index (χ0v) is 13.8. The molecule has 5 nitrogen and oxygen atoms in total. The lowest BCUT2D eigenvalue weighted by molar-refractivity contribution is 0.574. The summed E-state index contributed by atoms with van der Waals surface area (Å²) in [4.78, 5) is 0. The zero-order chi connectivity index (χ0) is 14.1. The Labute approximate surface area is 132 Å². The van der Waals surface area contributed by atoms with Crippen molar-refractivity contribution in [3.05, 3.63) is 29.2 Å².